The van der Waals surface area contributed by atoms with Crippen molar-refractivity contribution in [1.82, 2.24) is 4.98 Å². The number of nitrogens with zero attached hydrogens (tertiary/aromatic N) is 1. The van der Waals surface area contributed by atoms with E-state index in [0.717, 1.165) is 40.3 Å². The quantitative estimate of drug-likeness (QED) is 0.788. The Hall–Kier alpha value is -2.10. The molecule has 0 aliphatic carbocycles. The molecule has 1 unspecified atom stereocenters. The zero-order chi connectivity index (χ0) is 14.9. The molecule has 0 spiro atoms. The first kappa shape index (κ1) is 13.6. The summed E-state index contributed by atoms with van der Waals surface area (Å²) in [5, 5.41) is 1.70. The molecule has 0 fully saturated rings. The van der Waals surface area contributed by atoms with Gasteiger partial charge in [0.05, 0.1) is 10.6 Å². The Bertz CT molecular complexity index is 820. The number of ether oxygens (including phenoxy) is 1. The van der Waals surface area contributed by atoms with E-state index in [0.29, 0.717) is 6.73 Å². The summed E-state index contributed by atoms with van der Waals surface area (Å²) in [4.78, 5) is 5.81. The number of nitrogens with one attached hydrogen (secondary N) is 1. The molecule has 0 amide bonds. The molecule has 22 heavy (non-hydrogen) atoms. The van der Waals surface area contributed by atoms with Crippen LogP contribution in [0.25, 0.3) is 10.9 Å². The van der Waals surface area contributed by atoms with Crippen molar-refractivity contribution in [3.05, 3.63) is 70.9 Å². The largest absolute Gasteiger partial charge is 0.443 e. The summed E-state index contributed by atoms with van der Waals surface area (Å²) in [5.41, 5.74) is 3.31. The lowest BCUT2D eigenvalue weighted by Crippen LogP contribution is -3.10. The van der Waals surface area contributed by atoms with Crippen molar-refractivity contribution in [3.8, 4) is 5.75 Å². The van der Waals surface area contributed by atoms with Gasteiger partial charge < -0.3 is 4.74 Å². The fraction of sp³-hybridized carbons (Fsp3) is 0.167. The molecule has 4 heteroatoms. The van der Waals surface area contributed by atoms with E-state index in [2.05, 4.69) is 29.2 Å². The number of benzene rings is 2. The summed E-state index contributed by atoms with van der Waals surface area (Å²) in [6.45, 7) is 2.49. The van der Waals surface area contributed by atoms with Crippen molar-refractivity contribution in [2.24, 2.45) is 0 Å². The highest BCUT2D eigenvalue weighted by atomic mass is 35.5. The van der Waals surface area contributed by atoms with Crippen LogP contribution in [0.2, 0.25) is 5.02 Å². The summed E-state index contributed by atoms with van der Waals surface area (Å²) in [6, 6.07) is 16.4. The van der Waals surface area contributed by atoms with Crippen molar-refractivity contribution in [2.75, 3.05) is 6.73 Å². The maximum atomic E-state index is 6.40. The van der Waals surface area contributed by atoms with Gasteiger partial charge in [-0.2, -0.15) is 0 Å². The highest BCUT2D eigenvalue weighted by Crippen LogP contribution is 2.34. The third kappa shape index (κ3) is 2.43. The van der Waals surface area contributed by atoms with Crippen LogP contribution in [0.1, 0.15) is 11.1 Å². The summed E-state index contributed by atoms with van der Waals surface area (Å²) in [7, 11) is 0. The molecule has 2 heterocycles. The van der Waals surface area contributed by atoms with Crippen molar-refractivity contribution in [2.45, 2.75) is 13.1 Å². The molecular weight excluding hydrogens is 296 g/mol. The molecule has 1 aromatic heterocycles. The van der Waals surface area contributed by atoms with Gasteiger partial charge in [0.25, 0.3) is 0 Å². The summed E-state index contributed by atoms with van der Waals surface area (Å²) >= 11 is 6.40. The molecule has 0 saturated heterocycles. The van der Waals surface area contributed by atoms with E-state index < -0.39 is 0 Å². The number of aromatic nitrogens is 1. The third-order valence-electron chi connectivity index (χ3n) is 4.03. The Morgan fingerprint density at radius 2 is 2.00 bits per heavy atom. The first-order valence-electron chi connectivity index (χ1n) is 7.37. The molecule has 2 aromatic carbocycles. The maximum absolute atomic E-state index is 6.40. The smallest absolute Gasteiger partial charge is 0.223 e. The predicted molar refractivity (Wildman–Crippen MR) is 87.1 cm³/mol. The number of fused-ring (bicyclic) bond motifs is 3. The van der Waals surface area contributed by atoms with E-state index in [1.807, 2.05) is 24.3 Å². The molecule has 0 bridgehead atoms. The lowest BCUT2D eigenvalue weighted by molar-refractivity contribution is -0.945. The van der Waals surface area contributed by atoms with E-state index in [9.17, 15) is 0 Å². The number of halogens is 1. The second-order valence-electron chi connectivity index (χ2n) is 5.62. The van der Waals surface area contributed by atoms with Crippen LogP contribution in [-0.4, -0.2) is 11.7 Å². The molecule has 0 radical (unpaired) electrons. The van der Waals surface area contributed by atoms with Crippen LogP contribution < -0.4 is 9.64 Å². The minimum atomic E-state index is 0.648. The average molecular weight is 312 g/mol. The molecular formula is C18H16ClN2O+. The highest BCUT2D eigenvalue weighted by Gasteiger charge is 2.24. The zero-order valence-electron chi connectivity index (χ0n) is 12.1. The highest BCUT2D eigenvalue weighted by molar-refractivity contribution is 6.35. The first-order valence-corrected chi connectivity index (χ1v) is 7.75. The van der Waals surface area contributed by atoms with Gasteiger partial charge in [-0.1, -0.05) is 41.9 Å². The summed E-state index contributed by atoms with van der Waals surface area (Å²) in [5.74, 6) is 0.886. The van der Waals surface area contributed by atoms with Gasteiger partial charge in [0.2, 0.25) is 6.73 Å². The van der Waals surface area contributed by atoms with Crippen LogP contribution in [0.3, 0.4) is 0 Å². The molecule has 4 rings (SSSR count). The normalized spacial score (nSPS) is 17.0. The Morgan fingerprint density at radius 3 is 2.86 bits per heavy atom. The Labute approximate surface area is 134 Å². The fourth-order valence-corrected chi connectivity index (χ4v) is 3.30. The number of rotatable bonds is 2. The monoisotopic (exact) mass is 311 g/mol. The van der Waals surface area contributed by atoms with Gasteiger partial charge >= 0.3 is 0 Å². The standard InChI is InChI=1S/C18H15ClN2O/c19-16-9-14-11-21(10-13-5-2-1-3-6-13)12-22-18(14)17-15(16)7-4-8-20-17/h1-9H,10-12H2/p+1. The van der Waals surface area contributed by atoms with Crippen molar-refractivity contribution < 1.29 is 9.64 Å². The van der Waals surface area contributed by atoms with Gasteiger partial charge in [-0.05, 0) is 18.2 Å². The van der Waals surface area contributed by atoms with Gasteiger partial charge in [0.1, 0.15) is 18.6 Å². The second-order valence-corrected chi connectivity index (χ2v) is 6.03. The Kier molecular flexibility index (Phi) is 3.45. The Morgan fingerprint density at radius 1 is 1.14 bits per heavy atom. The lowest BCUT2D eigenvalue weighted by atomic mass is 10.1. The zero-order valence-corrected chi connectivity index (χ0v) is 12.8. The molecule has 3 nitrogen and oxygen atoms in total. The molecule has 3 aromatic rings. The minimum absolute atomic E-state index is 0.648. The van der Waals surface area contributed by atoms with E-state index in [1.54, 1.807) is 6.20 Å². The van der Waals surface area contributed by atoms with Crippen LogP contribution in [-0.2, 0) is 13.1 Å². The fourth-order valence-electron chi connectivity index (χ4n) is 3.01. The van der Waals surface area contributed by atoms with E-state index in [4.69, 9.17) is 16.3 Å². The Balaban J connectivity index is 1.66. The van der Waals surface area contributed by atoms with Gasteiger partial charge in [0.15, 0.2) is 5.75 Å². The van der Waals surface area contributed by atoms with Gasteiger partial charge in [-0.3, -0.25) is 9.88 Å². The van der Waals surface area contributed by atoms with Crippen LogP contribution in [0, 0.1) is 0 Å². The first-order chi connectivity index (χ1) is 10.8. The van der Waals surface area contributed by atoms with Crippen LogP contribution in [0.15, 0.2) is 54.7 Å². The second kappa shape index (κ2) is 5.59. The van der Waals surface area contributed by atoms with Gasteiger partial charge in [0, 0.05) is 17.1 Å². The molecule has 1 aliphatic heterocycles. The van der Waals surface area contributed by atoms with Gasteiger partial charge in [-0.15, -0.1) is 0 Å². The van der Waals surface area contributed by atoms with Crippen molar-refractivity contribution >= 4 is 22.5 Å². The van der Waals surface area contributed by atoms with Crippen LogP contribution >= 0.6 is 11.6 Å². The minimum Gasteiger partial charge on any atom is -0.443 e. The summed E-state index contributed by atoms with van der Waals surface area (Å²) < 4.78 is 6.02. The topological polar surface area (TPSA) is 26.6 Å². The van der Waals surface area contributed by atoms with Crippen LogP contribution in [0.4, 0.5) is 0 Å². The predicted octanol–water partition coefficient (Wildman–Crippen LogP) is 2.82. The number of pyridine rings is 1. The van der Waals surface area contributed by atoms with Gasteiger partial charge in [-0.25, -0.2) is 0 Å². The molecule has 110 valence electrons. The summed E-state index contributed by atoms with van der Waals surface area (Å²) in [6.07, 6.45) is 1.78. The number of quaternary nitrogens is 1. The molecule has 1 atom stereocenters. The molecule has 1 N–H and O–H groups in total. The molecule has 0 saturated carbocycles. The van der Waals surface area contributed by atoms with Crippen molar-refractivity contribution in [3.63, 3.8) is 0 Å². The molecule has 1 aliphatic rings. The third-order valence-corrected chi connectivity index (χ3v) is 4.34. The number of hydrogen-bond acceptors (Lipinski definition) is 2. The van der Waals surface area contributed by atoms with Crippen LogP contribution in [0.5, 0.6) is 5.75 Å². The number of hydrogen-bond donors (Lipinski definition) is 1. The van der Waals surface area contributed by atoms with Crippen molar-refractivity contribution in [1.29, 1.82) is 0 Å². The van der Waals surface area contributed by atoms with E-state index >= 15 is 0 Å². The average Bonchev–Trinajstić information content (AvgIpc) is 2.56. The lowest BCUT2D eigenvalue weighted by Gasteiger charge is -2.27. The SMILES string of the molecule is Clc1cc2c(c3ncccc13)OC[NH+](Cc1ccccc1)C2. The van der Waals surface area contributed by atoms with E-state index in [-0.39, 0.29) is 0 Å². The maximum Gasteiger partial charge on any atom is 0.223 e. The van der Waals surface area contributed by atoms with E-state index in [1.165, 1.54) is 10.5 Å².